The van der Waals surface area contributed by atoms with Gasteiger partial charge in [-0.05, 0) is 36.5 Å². The van der Waals surface area contributed by atoms with Crippen molar-refractivity contribution >= 4 is 0 Å². The summed E-state index contributed by atoms with van der Waals surface area (Å²) in [4.78, 5) is 0. The Morgan fingerprint density at radius 3 is 1.62 bits per heavy atom. The topological polar surface area (TPSA) is 0 Å². The lowest BCUT2D eigenvalue weighted by molar-refractivity contribution is 0.158. The third kappa shape index (κ3) is 8.19. The normalized spacial score (nSPS) is 27.6. The maximum atomic E-state index is 2.43. The lowest BCUT2D eigenvalue weighted by Crippen LogP contribution is -2.25. The first-order valence-electron chi connectivity index (χ1n) is 6.11. The summed E-state index contributed by atoms with van der Waals surface area (Å²) in [5, 5.41) is 0. The van der Waals surface area contributed by atoms with Gasteiger partial charge in [-0.15, -0.1) is 0 Å². The molecular weight excluding hydrogens is 192 g/mol. The second-order valence-electron chi connectivity index (χ2n) is 4.80. The highest BCUT2D eigenvalue weighted by Gasteiger charge is 2.26. The molecule has 0 bridgehead atoms. The fourth-order valence-corrected chi connectivity index (χ4v) is 2.68. The summed E-state index contributed by atoms with van der Waals surface area (Å²) >= 11 is 0. The predicted molar refractivity (Wildman–Crippen MR) is 82.0 cm³/mol. The molecule has 0 aliphatic heterocycles. The van der Waals surface area contributed by atoms with Gasteiger partial charge in [0.05, 0.1) is 0 Å². The van der Waals surface area contributed by atoms with Gasteiger partial charge in [0.2, 0.25) is 0 Å². The van der Waals surface area contributed by atoms with E-state index in [0.717, 1.165) is 23.7 Å². The third-order valence-corrected chi connectivity index (χ3v) is 3.35. The van der Waals surface area contributed by atoms with E-state index in [1.807, 2.05) is 13.8 Å². The molecule has 1 fully saturated rings. The molecule has 3 unspecified atom stereocenters. The molecule has 1 aliphatic carbocycles. The Balaban J connectivity index is -0.000000136. The lowest BCUT2D eigenvalue weighted by atomic mass is 9.71. The summed E-state index contributed by atoms with van der Waals surface area (Å²) in [6.07, 6.45) is 4.40. The Kier molecular flexibility index (Phi) is 20.4. The molecule has 0 heterocycles. The maximum Gasteiger partial charge on any atom is -0.0365 e. The van der Waals surface area contributed by atoms with Crippen molar-refractivity contribution in [3.05, 3.63) is 0 Å². The van der Waals surface area contributed by atoms with Crippen LogP contribution in [0.5, 0.6) is 0 Å². The van der Waals surface area contributed by atoms with Crippen LogP contribution in [0.3, 0.4) is 0 Å². The van der Waals surface area contributed by atoms with Gasteiger partial charge in [-0.25, -0.2) is 0 Å². The SMILES string of the molecule is C.C.C.CC.CC1CCC(C(C)C)C(C)C1. The van der Waals surface area contributed by atoms with E-state index in [2.05, 4.69) is 27.7 Å². The summed E-state index contributed by atoms with van der Waals surface area (Å²) in [6.45, 7) is 13.6. The molecule has 0 radical (unpaired) electrons. The number of rotatable bonds is 1. The van der Waals surface area contributed by atoms with Crippen LogP contribution < -0.4 is 0 Å². The van der Waals surface area contributed by atoms with Gasteiger partial charge in [0, 0.05) is 0 Å². The van der Waals surface area contributed by atoms with Gasteiger partial charge in [-0.2, -0.15) is 0 Å². The molecular formula is C16H40. The molecule has 0 amide bonds. The van der Waals surface area contributed by atoms with Crippen LogP contribution in [-0.4, -0.2) is 0 Å². The number of hydrogen-bond donors (Lipinski definition) is 0. The van der Waals surface area contributed by atoms with Gasteiger partial charge in [0.1, 0.15) is 0 Å². The van der Waals surface area contributed by atoms with Crippen LogP contribution >= 0.6 is 0 Å². The smallest absolute Gasteiger partial charge is 0.0365 e. The predicted octanol–water partition coefficient (Wildman–Crippen LogP) is 6.65. The minimum absolute atomic E-state index is 0. The van der Waals surface area contributed by atoms with Gasteiger partial charge in [-0.1, -0.05) is 70.2 Å². The first-order chi connectivity index (χ1) is 6.11. The van der Waals surface area contributed by atoms with E-state index in [-0.39, 0.29) is 22.3 Å². The van der Waals surface area contributed by atoms with Crippen LogP contribution in [0.25, 0.3) is 0 Å². The van der Waals surface area contributed by atoms with Gasteiger partial charge >= 0.3 is 0 Å². The Bertz CT molecular complexity index is 115. The fraction of sp³-hybridized carbons (Fsp3) is 1.00. The average Bonchev–Trinajstić information content (AvgIpc) is 2.07. The van der Waals surface area contributed by atoms with Crippen LogP contribution in [0, 0.1) is 23.7 Å². The van der Waals surface area contributed by atoms with E-state index >= 15 is 0 Å². The third-order valence-electron chi connectivity index (χ3n) is 3.35. The zero-order valence-corrected chi connectivity index (χ0v) is 10.4. The van der Waals surface area contributed by atoms with Crippen LogP contribution in [0.4, 0.5) is 0 Å². The largest absolute Gasteiger partial charge is 0.0776 e. The summed E-state index contributed by atoms with van der Waals surface area (Å²) in [5.74, 6) is 3.86. The van der Waals surface area contributed by atoms with E-state index in [1.165, 1.54) is 19.3 Å². The molecule has 16 heavy (non-hydrogen) atoms. The minimum Gasteiger partial charge on any atom is -0.0776 e. The second-order valence-corrected chi connectivity index (χ2v) is 4.80. The second kappa shape index (κ2) is 13.1. The quantitative estimate of drug-likeness (QED) is 0.475. The van der Waals surface area contributed by atoms with Crippen LogP contribution in [0.15, 0.2) is 0 Å². The van der Waals surface area contributed by atoms with Gasteiger partial charge < -0.3 is 0 Å². The molecule has 0 heteroatoms. The molecule has 0 aromatic carbocycles. The van der Waals surface area contributed by atoms with Crippen molar-refractivity contribution in [1.82, 2.24) is 0 Å². The number of hydrogen-bond acceptors (Lipinski definition) is 0. The molecule has 0 aromatic rings. The Hall–Kier alpha value is 0. The van der Waals surface area contributed by atoms with E-state index in [4.69, 9.17) is 0 Å². The highest BCUT2D eigenvalue weighted by atomic mass is 14.3. The first kappa shape index (κ1) is 25.0. The Labute approximate surface area is 107 Å². The van der Waals surface area contributed by atoms with E-state index < -0.39 is 0 Å². The fourth-order valence-electron chi connectivity index (χ4n) is 2.68. The first-order valence-corrected chi connectivity index (χ1v) is 6.11. The summed E-state index contributed by atoms with van der Waals surface area (Å²) in [7, 11) is 0. The summed E-state index contributed by atoms with van der Waals surface area (Å²) in [6, 6.07) is 0. The highest BCUT2D eigenvalue weighted by molar-refractivity contribution is 4.77. The van der Waals surface area contributed by atoms with Gasteiger partial charge in [0.15, 0.2) is 0 Å². The monoisotopic (exact) mass is 232 g/mol. The molecule has 3 atom stereocenters. The van der Waals surface area contributed by atoms with Crippen molar-refractivity contribution in [3.8, 4) is 0 Å². The van der Waals surface area contributed by atoms with Crippen molar-refractivity contribution < 1.29 is 0 Å². The van der Waals surface area contributed by atoms with E-state index in [1.54, 1.807) is 0 Å². The Morgan fingerprint density at radius 1 is 0.875 bits per heavy atom. The molecule has 1 aliphatic rings. The van der Waals surface area contributed by atoms with Crippen molar-refractivity contribution in [2.75, 3.05) is 0 Å². The summed E-state index contributed by atoms with van der Waals surface area (Å²) < 4.78 is 0. The van der Waals surface area contributed by atoms with Gasteiger partial charge in [-0.3, -0.25) is 0 Å². The maximum absolute atomic E-state index is 2.43. The minimum atomic E-state index is 0. The van der Waals surface area contributed by atoms with Crippen molar-refractivity contribution in [2.24, 2.45) is 23.7 Å². The molecule has 0 N–H and O–H groups in total. The molecule has 0 saturated heterocycles. The Morgan fingerprint density at radius 2 is 1.31 bits per heavy atom. The lowest BCUT2D eigenvalue weighted by Gasteiger charge is -2.35. The molecule has 0 aromatic heterocycles. The standard InChI is InChI=1S/C11H22.C2H6.3CH4/c1-8(2)11-6-5-9(3)7-10(11)4;1-2;;;/h8-11H,5-7H2,1-4H3;1-2H3;3*1H4. The van der Waals surface area contributed by atoms with Crippen molar-refractivity contribution in [1.29, 1.82) is 0 Å². The van der Waals surface area contributed by atoms with Crippen molar-refractivity contribution in [3.63, 3.8) is 0 Å². The molecule has 0 nitrogen and oxygen atoms in total. The summed E-state index contributed by atoms with van der Waals surface area (Å²) in [5.41, 5.74) is 0. The van der Waals surface area contributed by atoms with Crippen LogP contribution in [0.1, 0.15) is 83.1 Å². The van der Waals surface area contributed by atoms with Crippen LogP contribution in [-0.2, 0) is 0 Å². The molecule has 1 saturated carbocycles. The highest BCUT2D eigenvalue weighted by Crippen LogP contribution is 2.37. The molecule has 1 rings (SSSR count). The average molecular weight is 232 g/mol. The molecule has 104 valence electrons. The van der Waals surface area contributed by atoms with Crippen molar-refractivity contribution in [2.45, 2.75) is 83.1 Å². The molecule has 0 spiro atoms. The van der Waals surface area contributed by atoms with Crippen LogP contribution in [0.2, 0.25) is 0 Å². The van der Waals surface area contributed by atoms with E-state index in [9.17, 15) is 0 Å². The van der Waals surface area contributed by atoms with Gasteiger partial charge in [0.25, 0.3) is 0 Å². The zero-order valence-electron chi connectivity index (χ0n) is 10.4. The van der Waals surface area contributed by atoms with E-state index in [0.29, 0.717) is 0 Å². The zero-order chi connectivity index (χ0) is 10.4.